The summed E-state index contributed by atoms with van der Waals surface area (Å²) in [4.78, 5) is 21.2. The maximum Gasteiger partial charge on any atom is 0.272 e. The van der Waals surface area contributed by atoms with Gasteiger partial charge in [0.05, 0.1) is 10.6 Å². The summed E-state index contributed by atoms with van der Waals surface area (Å²) in [5.41, 5.74) is 1.46. The Morgan fingerprint density at radius 2 is 1.74 bits per heavy atom. The molecule has 0 atom stereocenters. The number of sulfone groups is 1. The first kappa shape index (κ1) is 24.8. The average molecular weight is 466 g/mol. The van der Waals surface area contributed by atoms with Crippen LogP contribution in [0, 0.1) is 6.92 Å². The van der Waals surface area contributed by atoms with Crippen LogP contribution in [0.5, 0.6) is 0 Å². The van der Waals surface area contributed by atoms with E-state index < -0.39 is 9.84 Å². The van der Waals surface area contributed by atoms with Gasteiger partial charge in [-0.05, 0) is 45.6 Å². The molecule has 2 heterocycles. The van der Waals surface area contributed by atoms with Crippen molar-refractivity contribution in [2.75, 3.05) is 34.2 Å². The smallest absolute Gasteiger partial charge is 0.272 e. The summed E-state index contributed by atoms with van der Waals surface area (Å²) in [5, 5.41) is 4.47. The van der Waals surface area contributed by atoms with E-state index >= 15 is 0 Å². The Morgan fingerprint density at radius 1 is 1.10 bits per heavy atom. The maximum atomic E-state index is 13.4. The van der Waals surface area contributed by atoms with E-state index in [1.165, 1.54) is 4.52 Å². The molecule has 2 aromatic heterocycles. The largest absolute Gasteiger partial charge is 0.339 e. The number of aryl methyl sites for hydroxylation is 2. The molecule has 8 nitrogen and oxygen atoms in total. The molecule has 10 heteroatoms. The summed E-state index contributed by atoms with van der Waals surface area (Å²) in [7, 11) is 1.74. The van der Waals surface area contributed by atoms with Gasteiger partial charge in [-0.2, -0.15) is 5.10 Å². The lowest BCUT2D eigenvalue weighted by atomic mass is 10.3. The second kappa shape index (κ2) is 9.76. The van der Waals surface area contributed by atoms with Crippen LogP contribution >= 0.6 is 12.4 Å². The molecule has 0 aliphatic rings. The third-order valence-electron chi connectivity index (χ3n) is 4.90. The van der Waals surface area contributed by atoms with Crippen LogP contribution in [0.2, 0.25) is 0 Å². The van der Waals surface area contributed by atoms with Gasteiger partial charge in [-0.15, -0.1) is 12.4 Å². The third-order valence-corrected chi connectivity index (χ3v) is 6.75. The van der Waals surface area contributed by atoms with Crippen molar-refractivity contribution in [2.45, 2.75) is 30.1 Å². The van der Waals surface area contributed by atoms with Crippen LogP contribution in [0.4, 0.5) is 0 Å². The van der Waals surface area contributed by atoms with Crippen LogP contribution in [-0.2, 0) is 16.3 Å². The number of nitrogens with zero attached hydrogens (tertiary/aromatic N) is 5. The Labute approximate surface area is 189 Å². The second-order valence-electron chi connectivity index (χ2n) is 7.49. The number of hydrogen-bond donors (Lipinski definition) is 0. The molecule has 3 aromatic rings. The van der Waals surface area contributed by atoms with Crippen LogP contribution in [0.25, 0.3) is 5.65 Å². The highest BCUT2D eigenvalue weighted by Gasteiger charge is 2.29. The van der Waals surface area contributed by atoms with E-state index in [1.54, 1.807) is 55.3 Å². The van der Waals surface area contributed by atoms with E-state index in [9.17, 15) is 13.2 Å². The topological polar surface area (TPSA) is 87.9 Å². The molecule has 0 fully saturated rings. The number of aromatic nitrogens is 3. The van der Waals surface area contributed by atoms with Gasteiger partial charge in [0.15, 0.2) is 5.65 Å². The lowest BCUT2D eigenvalue weighted by molar-refractivity contribution is 0.0780. The first-order chi connectivity index (χ1) is 14.2. The second-order valence-corrected chi connectivity index (χ2v) is 9.38. The lowest BCUT2D eigenvalue weighted by Gasteiger charge is -2.19. The van der Waals surface area contributed by atoms with E-state index in [-0.39, 0.29) is 39.4 Å². The Kier molecular flexibility index (Phi) is 7.80. The highest BCUT2D eigenvalue weighted by atomic mass is 35.5. The standard InChI is InChI=1S/C21H27N5O3S.ClH/c1-6-17-19(30(28,29)16-10-8-7-9-11-16)20-22-18(14-15(2)26(20)23-17)21(27)25(5)13-12-24(3)4;/h7-11,14H,6,12-13H2,1-5H3;1H. The molecule has 0 unspecified atom stereocenters. The van der Waals surface area contributed by atoms with E-state index in [1.807, 2.05) is 25.9 Å². The fraction of sp³-hybridized carbons (Fsp3) is 0.381. The van der Waals surface area contributed by atoms with Gasteiger partial charge in [0.1, 0.15) is 10.6 Å². The Bertz CT molecular complexity index is 1180. The quantitative estimate of drug-likeness (QED) is 0.532. The predicted molar refractivity (Wildman–Crippen MR) is 122 cm³/mol. The number of carbonyl (C=O) groups is 1. The number of halogens is 1. The van der Waals surface area contributed by atoms with E-state index in [2.05, 4.69) is 10.1 Å². The number of benzene rings is 1. The van der Waals surface area contributed by atoms with Crippen molar-refractivity contribution < 1.29 is 13.2 Å². The normalized spacial score (nSPS) is 11.5. The molecule has 168 valence electrons. The molecule has 0 saturated carbocycles. The molecule has 3 rings (SSSR count). The van der Waals surface area contributed by atoms with Crippen LogP contribution < -0.4 is 0 Å². The monoisotopic (exact) mass is 465 g/mol. The Hall–Kier alpha value is -2.49. The number of hydrogen-bond acceptors (Lipinski definition) is 6. The highest BCUT2D eigenvalue weighted by molar-refractivity contribution is 7.91. The van der Waals surface area contributed by atoms with Crippen molar-refractivity contribution in [3.05, 3.63) is 53.5 Å². The van der Waals surface area contributed by atoms with Gasteiger partial charge in [-0.3, -0.25) is 4.79 Å². The number of carbonyl (C=O) groups excluding carboxylic acids is 1. The van der Waals surface area contributed by atoms with Gasteiger partial charge >= 0.3 is 0 Å². The van der Waals surface area contributed by atoms with Gasteiger partial charge in [0.25, 0.3) is 5.91 Å². The number of fused-ring (bicyclic) bond motifs is 1. The van der Waals surface area contributed by atoms with Crippen molar-refractivity contribution in [3.63, 3.8) is 0 Å². The third kappa shape index (κ3) is 4.89. The molecule has 0 aliphatic carbocycles. The average Bonchev–Trinajstić information content (AvgIpc) is 3.12. The fourth-order valence-corrected chi connectivity index (χ4v) is 4.79. The number of rotatable bonds is 7. The van der Waals surface area contributed by atoms with E-state index in [0.717, 1.165) is 0 Å². The van der Waals surface area contributed by atoms with Crippen LogP contribution in [0.3, 0.4) is 0 Å². The highest BCUT2D eigenvalue weighted by Crippen LogP contribution is 2.28. The van der Waals surface area contributed by atoms with E-state index in [4.69, 9.17) is 0 Å². The number of likely N-dealkylation sites (N-methyl/N-ethyl adjacent to an activating group) is 2. The molecule has 0 aliphatic heterocycles. The Morgan fingerprint density at radius 3 is 2.32 bits per heavy atom. The van der Waals surface area contributed by atoms with Gasteiger partial charge in [0.2, 0.25) is 9.84 Å². The molecule has 0 spiro atoms. The first-order valence-electron chi connectivity index (χ1n) is 9.76. The summed E-state index contributed by atoms with van der Waals surface area (Å²) in [6, 6.07) is 9.87. The van der Waals surface area contributed by atoms with Crippen LogP contribution in [0.15, 0.2) is 46.2 Å². The molecule has 31 heavy (non-hydrogen) atoms. The summed E-state index contributed by atoms with van der Waals surface area (Å²) >= 11 is 0. The Balaban J connectivity index is 0.00000341. The molecule has 1 amide bonds. The summed E-state index contributed by atoms with van der Waals surface area (Å²) in [5.74, 6) is -0.259. The minimum absolute atomic E-state index is 0. The zero-order valence-electron chi connectivity index (χ0n) is 18.4. The lowest BCUT2D eigenvalue weighted by Crippen LogP contribution is -2.34. The van der Waals surface area contributed by atoms with Crippen molar-refractivity contribution in [1.29, 1.82) is 0 Å². The van der Waals surface area contributed by atoms with Gasteiger partial charge in [-0.1, -0.05) is 25.1 Å². The molecule has 1 aromatic carbocycles. The zero-order valence-corrected chi connectivity index (χ0v) is 20.0. The summed E-state index contributed by atoms with van der Waals surface area (Å²) in [6.45, 7) is 4.88. The van der Waals surface area contributed by atoms with Crippen molar-refractivity contribution in [3.8, 4) is 0 Å². The minimum atomic E-state index is -3.84. The summed E-state index contributed by atoms with van der Waals surface area (Å²) in [6.07, 6.45) is 0.427. The number of amides is 1. The molecular formula is C21H28ClN5O3S. The first-order valence-corrected chi connectivity index (χ1v) is 11.2. The molecule has 0 N–H and O–H groups in total. The van der Waals surface area contributed by atoms with Crippen LogP contribution in [-0.4, -0.2) is 73.0 Å². The van der Waals surface area contributed by atoms with Crippen molar-refractivity contribution in [1.82, 2.24) is 24.4 Å². The SMILES string of the molecule is CCc1nn2c(C)cc(C(=O)N(C)CCN(C)C)nc2c1S(=O)(=O)c1ccccc1.Cl. The minimum Gasteiger partial charge on any atom is -0.339 e. The molecule has 0 radical (unpaired) electrons. The zero-order chi connectivity index (χ0) is 22.1. The molecule has 0 bridgehead atoms. The van der Waals surface area contributed by atoms with E-state index in [0.29, 0.717) is 30.9 Å². The molecule has 0 saturated heterocycles. The molecular weight excluding hydrogens is 438 g/mol. The van der Waals surface area contributed by atoms with Crippen molar-refractivity contribution in [2.24, 2.45) is 0 Å². The van der Waals surface area contributed by atoms with Crippen LogP contribution in [0.1, 0.15) is 28.8 Å². The maximum absolute atomic E-state index is 13.4. The summed E-state index contributed by atoms with van der Waals surface area (Å²) < 4.78 is 28.3. The van der Waals surface area contributed by atoms with Gasteiger partial charge < -0.3 is 9.80 Å². The predicted octanol–water partition coefficient (Wildman–Crippen LogP) is 2.49. The van der Waals surface area contributed by atoms with Crippen molar-refractivity contribution >= 4 is 33.8 Å². The fourth-order valence-electron chi connectivity index (χ4n) is 3.17. The van der Waals surface area contributed by atoms with Gasteiger partial charge in [-0.25, -0.2) is 17.9 Å². The van der Waals surface area contributed by atoms with Gasteiger partial charge in [0, 0.05) is 25.8 Å².